The molecule has 10 nitrogen and oxygen atoms in total. The average molecular weight is 628 g/mol. The van der Waals surface area contributed by atoms with Crippen molar-refractivity contribution in [1.82, 2.24) is 19.9 Å². The van der Waals surface area contributed by atoms with E-state index < -0.39 is 0 Å². The molecule has 0 aliphatic rings. The number of pyridine rings is 4. The third kappa shape index (κ3) is 13.5. The van der Waals surface area contributed by atoms with E-state index in [2.05, 4.69) is 38.7 Å². The number of aryl methyl sites for hydroxylation is 2. The first-order chi connectivity index (χ1) is 18.4. The van der Waals surface area contributed by atoms with Crippen LogP contribution in [-0.2, 0) is 29.1 Å². The van der Waals surface area contributed by atoms with Crippen LogP contribution < -0.4 is 9.47 Å². The average Bonchev–Trinajstić information content (AvgIpc) is 2.91. The largest absolute Gasteiger partial charge is 2.00 e. The fraction of sp³-hybridized carbons (Fsp3) is 0.0741. The van der Waals surface area contributed by atoms with E-state index in [9.17, 15) is 9.59 Å². The Bertz CT molecular complexity index is 1300. The van der Waals surface area contributed by atoms with Crippen molar-refractivity contribution in [2.24, 2.45) is 0 Å². The molecule has 0 spiro atoms. The van der Waals surface area contributed by atoms with Gasteiger partial charge in [0.1, 0.15) is 11.5 Å². The molecule has 0 aliphatic carbocycles. The molecule has 12 heteroatoms. The molecule has 39 heavy (non-hydrogen) atoms. The molecule has 0 aliphatic heterocycles. The topological polar surface area (TPSA) is 149 Å². The number of aromatic nitrogens is 4. The van der Waals surface area contributed by atoms with E-state index >= 15 is 0 Å². The SMILES string of the molecule is C=C=[N-].Cc1ccnc(-c2cc(OC=O)ccn2)c1.Cc1ccnc(-c2cc(OC=O)ccn2)c1.[N-]=C=S.[Ru+2]. The number of carbonyl (C=O) groups is 2. The molecular formula is C27H22N6O4RuS. The molecule has 0 radical (unpaired) electrons. The van der Waals surface area contributed by atoms with E-state index in [1.807, 2.05) is 38.1 Å². The minimum atomic E-state index is 0. The number of thiocarbonyl (C=S) groups is 1. The summed E-state index contributed by atoms with van der Waals surface area (Å²) < 4.78 is 9.50. The Morgan fingerprint density at radius 3 is 1.28 bits per heavy atom. The van der Waals surface area contributed by atoms with E-state index in [0.717, 1.165) is 22.5 Å². The maximum Gasteiger partial charge on any atom is 2.00 e. The van der Waals surface area contributed by atoms with Gasteiger partial charge in [-0.05, 0) is 61.4 Å². The summed E-state index contributed by atoms with van der Waals surface area (Å²) in [6, 6.07) is 14.3. The van der Waals surface area contributed by atoms with Crippen LogP contribution in [0.2, 0.25) is 0 Å². The fourth-order valence-corrected chi connectivity index (χ4v) is 2.71. The second-order valence-corrected chi connectivity index (χ2v) is 7.05. The molecule has 198 valence electrons. The number of isothiocyanates is 1. The van der Waals surface area contributed by atoms with E-state index in [1.165, 1.54) is 11.0 Å². The van der Waals surface area contributed by atoms with E-state index in [-0.39, 0.29) is 19.5 Å². The van der Waals surface area contributed by atoms with E-state index in [4.69, 9.17) is 20.3 Å². The molecular weight excluding hydrogens is 605 g/mol. The van der Waals surface area contributed by atoms with Crippen molar-refractivity contribution in [1.29, 1.82) is 0 Å². The van der Waals surface area contributed by atoms with Gasteiger partial charge in [0.25, 0.3) is 12.9 Å². The standard InChI is InChI=1S/2C12H10N2O2.C2H2N.CNS.Ru/c2*1-9-2-4-13-11(6-9)12-7-10(16-8-15)3-5-14-12;1-2-3;2-1-3;/h2*2-8H,1H3;1H2;;/q;;2*-1;+2. The van der Waals surface area contributed by atoms with Crippen LogP contribution >= 0.6 is 12.2 Å². The first-order valence-corrected chi connectivity index (χ1v) is 11.0. The minimum absolute atomic E-state index is 0. The van der Waals surface area contributed by atoms with Gasteiger partial charge >= 0.3 is 19.5 Å². The van der Waals surface area contributed by atoms with Gasteiger partial charge in [-0.25, -0.2) is 0 Å². The fourth-order valence-electron chi connectivity index (χ4n) is 2.71. The van der Waals surface area contributed by atoms with Crippen molar-refractivity contribution in [2.45, 2.75) is 13.8 Å². The Labute approximate surface area is 244 Å². The maximum atomic E-state index is 10.2. The predicted octanol–water partition coefficient (Wildman–Crippen LogP) is 5.04. The summed E-state index contributed by atoms with van der Waals surface area (Å²) in [7, 11) is 0. The van der Waals surface area contributed by atoms with Crippen LogP contribution in [0.4, 0.5) is 0 Å². The van der Waals surface area contributed by atoms with Gasteiger partial charge in [0.15, 0.2) is 0 Å². The maximum absolute atomic E-state index is 10.2. The summed E-state index contributed by atoms with van der Waals surface area (Å²) in [5, 5.41) is 15.7. The van der Waals surface area contributed by atoms with Crippen molar-refractivity contribution < 1.29 is 38.5 Å². The molecule has 4 heterocycles. The minimum Gasteiger partial charge on any atom is -0.764 e. The number of carbonyl (C=O) groups excluding carboxylic acids is 2. The summed E-state index contributed by atoms with van der Waals surface area (Å²) in [4.78, 5) is 37.2. The molecule has 0 aromatic carbocycles. The van der Waals surface area contributed by atoms with Crippen molar-refractivity contribution in [3.05, 3.63) is 102 Å². The summed E-state index contributed by atoms with van der Waals surface area (Å²) in [6.07, 6.45) is 6.61. The predicted molar refractivity (Wildman–Crippen MR) is 148 cm³/mol. The van der Waals surface area contributed by atoms with Gasteiger partial charge in [0.2, 0.25) is 0 Å². The van der Waals surface area contributed by atoms with Gasteiger partial charge < -0.3 is 20.3 Å². The van der Waals surface area contributed by atoms with Crippen LogP contribution in [0.3, 0.4) is 0 Å². The smallest absolute Gasteiger partial charge is 0.764 e. The molecule has 0 unspecified atom stereocenters. The van der Waals surface area contributed by atoms with Crippen molar-refractivity contribution in [3.8, 4) is 34.3 Å². The number of hydrogen-bond donors (Lipinski definition) is 0. The quantitative estimate of drug-likeness (QED) is 0.124. The zero-order valence-electron chi connectivity index (χ0n) is 20.9. The monoisotopic (exact) mass is 628 g/mol. The van der Waals surface area contributed by atoms with Gasteiger partial charge in [-0.1, -0.05) is 18.8 Å². The molecule has 0 bridgehead atoms. The zero-order chi connectivity index (χ0) is 28.2. The van der Waals surface area contributed by atoms with Crippen molar-refractivity contribution >= 4 is 36.2 Å². The van der Waals surface area contributed by atoms with Crippen LogP contribution in [-0.4, -0.2) is 43.9 Å². The molecule has 0 N–H and O–H groups in total. The normalized spacial score (nSPS) is 8.46. The summed E-state index contributed by atoms with van der Waals surface area (Å²) in [5.74, 6) is 2.42. The van der Waals surface area contributed by atoms with Gasteiger partial charge in [-0.3, -0.25) is 35.4 Å². The Morgan fingerprint density at radius 2 is 1.00 bits per heavy atom. The molecule has 4 rings (SSSR count). The molecule has 0 amide bonds. The van der Waals surface area contributed by atoms with E-state index in [0.29, 0.717) is 35.8 Å². The number of hydrogen-bond acceptors (Lipinski definition) is 9. The first-order valence-electron chi connectivity index (χ1n) is 10.6. The summed E-state index contributed by atoms with van der Waals surface area (Å²) in [6.45, 7) is 7.54. The molecule has 0 saturated heterocycles. The van der Waals surface area contributed by atoms with Crippen molar-refractivity contribution in [3.63, 3.8) is 0 Å². The first kappa shape index (κ1) is 34.4. The van der Waals surface area contributed by atoms with Gasteiger partial charge in [0.05, 0.1) is 22.8 Å². The van der Waals surface area contributed by atoms with E-state index in [1.54, 1.807) is 49.1 Å². The second-order valence-electron chi connectivity index (χ2n) is 6.87. The Morgan fingerprint density at radius 1 is 0.718 bits per heavy atom. The van der Waals surface area contributed by atoms with Crippen molar-refractivity contribution in [2.75, 3.05) is 0 Å². The Balaban J connectivity index is 0.000000604. The zero-order valence-corrected chi connectivity index (χ0v) is 23.4. The molecule has 4 aromatic heterocycles. The van der Waals surface area contributed by atoms with Crippen LogP contribution in [0.1, 0.15) is 11.1 Å². The van der Waals surface area contributed by atoms with Crippen LogP contribution in [0, 0.1) is 13.8 Å². The molecule has 0 fully saturated rings. The van der Waals surface area contributed by atoms with Crippen LogP contribution in [0.25, 0.3) is 33.6 Å². The number of ether oxygens (including phenoxy) is 2. The third-order valence-corrected chi connectivity index (χ3v) is 4.19. The second kappa shape index (κ2) is 20.5. The van der Waals surface area contributed by atoms with Crippen LogP contribution in [0.5, 0.6) is 11.5 Å². The van der Waals surface area contributed by atoms with Gasteiger partial charge in [0, 0.05) is 36.9 Å². The van der Waals surface area contributed by atoms with Crippen LogP contribution in [0.15, 0.2) is 79.9 Å². The summed E-state index contributed by atoms with van der Waals surface area (Å²) in [5.41, 5.74) is 5.10. The molecule has 4 aromatic rings. The van der Waals surface area contributed by atoms with Gasteiger partial charge in [-0.15, -0.1) is 0 Å². The third-order valence-electron chi connectivity index (χ3n) is 4.19. The number of nitrogens with zero attached hydrogens (tertiary/aromatic N) is 6. The molecule has 0 saturated carbocycles. The summed E-state index contributed by atoms with van der Waals surface area (Å²) >= 11 is 3.70. The van der Waals surface area contributed by atoms with Gasteiger partial charge in [-0.2, -0.15) is 5.16 Å². The number of rotatable bonds is 6. The molecule has 0 atom stereocenters. The Hall–Kier alpha value is -4.59. The Kier molecular flexibility index (Phi) is 18.1.